The van der Waals surface area contributed by atoms with Crippen LogP contribution >= 0.6 is 0 Å². The Labute approximate surface area is 146 Å². The van der Waals surface area contributed by atoms with Gasteiger partial charge in [0.05, 0.1) is 6.61 Å². The lowest BCUT2D eigenvalue weighted by Gasteiger charge is -2.37. The van der Waals surface area contributed by atoms with Crippen molar-refractivity contribution in [3.8, 4) is 5.75 Å². The molecule has 0 atom stereocenters. The van der Waals surface area contributed by atoms with E-state index in [9.17, 15) is 4.39 Å². The van der Waals surface area contributed by atoms with Gasteiger partial charge in [0.2, 0.25) is 0 Å². The standard InChI is InChI=1S/C21H32FNO/c1-3-14-24-20-13-12-19(23-21(20)22)18-10-8-17(9-11-18)16-6-4-15(2)5-7-16/h12-13,15-18H,3-11,14H2,1-2H3. The fourth-order valence-electron chi connectivity index (χ4n) is 4.63. The molecule has 0 aromatic carbocycles. The molecule has 3 rings (SSSR count). The predicted octanol–water partition coefficient (Wildman–Crippen LogP) is 6.11. The maximum absolute atomic E-state index is 14.1. The highest BCUT2D eigenvalue weighted by Crippen LogP contribution is 2.43. The third-order valence-corrected chi connectivity index (χ3v) is 6.22. The molecule has 0 bridgehead atoms. The van der Waals surface area contributed by atoms with E-state index in [-0.39, 0.29) is 0 Å². The molecule has 0 spiro atoms. The van der Waals surface area contributed by atoms with Crippen molar-refractivity contribution in [1.29, 1.82) is 0 Å². The first-order valence-electron chi connectivity index (χ1n) is 9.96. The van der Waals surface area contributed by atoms with Gasteiger partial charge in [-0.15, -0.1) is 0 Å². The highest BCUT2D eigenvalue weighted by Gasteiger charge is 2.31. The molecule has 2 fully saturated rings. The van der Waals surface area contributed by atoms with Crippen molar-refractivity contribution in [3.05, 3.63) is 23.8 Å². The Bertz CT molecular complexity index is 517. The quantitative estimate of drug-likeness (QED) is 0.606. The predicted molar refractivity (Wildman–Crippen MR) is 95.8 cm³/mol. The van der Waals surface area contributed by atoms with Crippen molar-refractivity contribution in [3.63, 3.8) is 0 Å². The first-order chi connectivity index (χ1) is 11.7. The van der Waals surface area contributed by atoms with Crippen LogP contribution < -0.4 is 4.74 Å². The molecule has 1 aromatic rings. The van der Waals surface area contributed by atoms with E-state index in [1.54, 1.807) is 6.07 Å². The molecule has 0 radical (unpaired) electrons. The van der Waals surface area contributed by atoms with E-state index in [0.717, 1.165) is 29.9 Å². The third kappa shape index (κ3) is 4.29. The summed E-state index contributed by atoms with van der Waals surface area (Å²) in [6, 6.07) is 3.74. The van der Waals surface area contributed by atoms with Gasteiger partial charge in [0, 0.05) is 11.6 Å². The number of rotatable bonds is 5. The zero-order valence-corrected chi connectivity index (χ0v) is 15.3. The van der Waals surface area contributed by atoms with Crippen LogP contribution in [0.2, 0.25) is 0 Å². The largest absolute Gasteiger partial charge is 0.489 e. The number of hydrogen-bond donors (Lipinski definition) is 0. The number of nitrogens with zero attached hydrogens (tertiary/aromatic N) is 1. The van der Waals surface area contributed by atoms with Crippen LogP contribution in [0.3, 0.4) is 0 Å². The summed E-state index contributed by atoms with van der Waals surface area (Å²) in [4.78, 5) is 4.21. The summed E-state index contributed by atoms with van der Waals surface area (Å²) < 4.78 is 19.5. The molecule has 134 valence electrons. The zero-order valence-electron chi connectivity index (χ0n) is 15.3. The number of ether oxygens (including phenoxy) is 1. The van der Waals surface area contributed by atoms with Gasteiger partial charge >= 0.3 is 0 Å². The van der Waals surface area contributed by atoms with Crippen LogP contribution in [0.4, 0.5) is 4.39 Å². The van der Waals surface area contributed by atoms with Gasteiger partial charge < -0.3 is 4.74 Å². The molecule has 1 aromatic heterocycles. The fourth-order valence-corrected chi connectivity index (χ4v) is 4.63. The van der Waals surface area contributed by atoms with E-state index in [4.69, 9.17) is 4.74 Å². The van der Waals surface area contributed by atoms with Gasteiger partial charge in [-0.25, -0.2) is 4.98 Å². The smallest absolute Gasteiger partial charge is 0.255 e. The normalized spacial score (nSPS) is 31.0. The van der Waals surface area contributed by atoms with E-state index in [0.29, 0.717) is 18.3 Å². The Morgan fingerprint density at radius 3 is 2.21 bits per heavy atom. The fraction of sp³-hybridized carbons (Fsp3) is 0.762. The van der Waals surface area contributed by atoms with E-state index >= 15 is 0 Å². The topological polar surface area (TPSA) is 22.1 Å². The average molecular weight is 333 g/mol. The van der Waals surface area contributed by atoms with Crippen molar-refractivity contribution in [2.45, 2.75) is 77.6 Å². The van der Waals surface area contributed by atoms with Crippen molar-refractivity contribution in [2.75, 3.05) is 6.61 Å². The second kappa shape index (κ2) is 8.31. The zero-order chi connectivity index (χ0) is 16.9. The molecule has 2 saturated carbocycles. The second-order valence-electron chi connectivity index (χ2n) is 8.01. The summed E-state index contributed by atoms with van der Waals surface area (Å²) in [6.07, 6.45) is 11.5. The van der Waals surface area contributed by atoms with Crippen LogP contribution in [-0.4, -0.2) is 11.6 Å². The van der Waals surface area contributed by atoms with Crippen LogP contribution in [0.5, 0.6) is 5.75 Å². The summed E-state index contributed by atoms with van der Waals surface area (Å²) in [5.41, 5.74) is 0.923. The minimum absolute atomic E-state index is 0.297. The number of aromatic nitrogens is 1. The van der Waals surface area contributed by atoms with Crippen molar-refractivity contribution < 1.29 is 9.13 Å². The number of hydrogen-bond acceptors (Lipinski definition) is 2. The van der Waals surface area contributed by atoms with Crippen molar-refractivity contribution >= 4 is 0 Å². The molecule has 0 N–H and O–H groups in total. The van der Waals surface area contributed by atoms with Crippen LogP contribution in [0, 0.1) is 23.7 Å². The molecule has 2 aliphatic rings. The van der Waals surface area contributed by atoms with Crippen LogP contribution in [0.15, 0.2) is 12.1 Å². The van der Waals surface area contributed by atoms with Crippen molar-refractivity contribution in [2.24, 2.45) is 17.8 Å². The summed E-state index contributed by atoms with van der Waals surface area (Å²) in [6.45, 7) is 4.95. The minimum Gasteiger partial charge on any atom is -0.489 e. The summed E-state index contributed by atoms with van der Waals surface area (Å²) in [5.74, 6) is 3.05. The molecule has 24 heavy (non-hydrogen) atoms. The maximum atomic E-state index is 14.1. The van der Waals surface area contributed by atoms with Gasteiger partial charge in [-0.1, -0.05) is 26.7 Å². The van der Waals surface area contributed by atoms with Gasteiger partial charge in [-0.05, 0) is 74.8 Å². The molecule has 0 aliphatic heterocycles. The molecular formula is C21H32FNO. The highest BCUT2D eigenvalue weighted by molar-refractivity contribution is 5.24. The molecule has 0 saturated heterocycles. The molecule has 3 heteroatoms. The van der Waals surface area contributed by atoms with Crippen molar-refractivity contribution in [1.82, 2.24) is 4.98 Å². The first kappa shape index (κ1) is 17.7. The lowest BCUT2D eigenvalue weighted by molar-refractivity contribution is 0.164. The summed E-state index contributed by atoms with van der Waals surface area (Å²) in [7, 11) is 0. The third-order valence-electron chi connectivity index (χ3n) is 6.22. The lowest BCUT2D eigenvalue weighted by atomic mass is 9.69. The Hall–Kier alpha value is -1.12. The van der Waals surface area contributed by atoms with Gasteiger partial charge in [-0.2, -0.15) is 4.39 Å². The SMILES string of the molecule is CCCOc1ccc(C2CCC(C3CCC(C)CC3)CC2)nc1F. The van der Waals surface area contributed by atoms with Gasteiger partial charge in [0.15, 0.2) is 5.75 Å². The Morgan fingerprint density at radius 2 is 1.62 bits per heavy atom. The van der Waals surface area contributed by atoms with Gasteiger partial charge in [0.1, 0.15) is 0 Å². The van der Waals surface area contributed by atoms with E-state index in [1.807, 2.05) is 13.0 Å². The van der Waals surface area contributed by atoms with Crippen LogP contribution in [0.25, 0.3) is 0 Å². The molecule has 0 amide bonds. The van der Waals surface area contributed by atoms with Crippen LogP contribution in [0.1, 0.15) is 83.2 Å². The van der Waals surface area contributed by atoms with Gasteiger partial charge in [0.25, 0.3) is 5.95 Å². The number of halogens is 1. The molecule has 1 heterocycles. The Balaban J connectivity index is 1.53. The molecule has 0 unspecified atom stereocenters. The van der Waals surface area contributed by atoms with Crippen LogP contribution in [-0.2, 0) is 0 Å². The summed E-state index contributed by atoms with van der Waals surface area (Å²) >= 11 is 0. The minimum atomic E-state index is -0.440. The second-order valence-corrected chi connectivity index (χ2v) is 8.01. The molecular weight excluding hydrogens is 301 g/mol. The maximum Gasteiger partial charge on any atom is 0.255 e. The van der Waals surface area contributed by atoms with Gasteiger partial charge in [-0.3, -0.25) is 0 Å². The molecule has 2 nitrogen and oxygen atoms in total. The highest BCUT2D eigenvalue weighted by atomic mass is 19.1. The van der Waals surface area contributed by atoms with E-state index in [1.165, 1.54) is 51.4 Å². The Morgan fingerprint density at radius 1 is 1.00 bits per heavy atom. The number of pyridine rings is 1. The Kier molecular flexibility index (Phi) is 6.13. The van der Waals surface area contributed by atoms with E-state index in [2.05, 4.69) is 11.9 Å². The van der Waals surface area contributed by atoms with E-state index < -0.39 is 5.95 Å². The molecule has 2 aliphatic carbocycles. The monoisotopic (exact) mass is 333 g/mol. The average Bonchev–Trinajstić information content (AvgIpc) is 2.61. The lowest BCUT2D eigenvalue weighted by Crippen LogP contribution is -2.25. The first-order valence-corrected chi connectivity index (χ1v) is 9.96. The summed E-state index contributed by atoms with van der Waals surface area (Å²) in [5, 5.41) is 0.